The lowest BCUT2D eigenvalue weighted by Gasteiger charge is -2.23. The molecule has 1 atom stereocenters. The molecule has 0 bridgehead atoms. The number of carbonyl (C=O) groups excluding carboxylic acids is 3. The third kappa shape index (κ3) is 5.23. The van der Waals surface area contributed by atoms with Gasteiger partial charge < -0.3 is 4.74 Å². The summed E-state index contributed by atoms with van der Waals surface area (Å²) in [4.78, 5) is 47.9. The van der Waals surface area contributed by atoms with Crippen molar-refractivity contribution < 1.29 is 46.0 Å². The first-order valence-electron chi connectivity index (χ1n) is 9.01. The van der Waals surface area contributed by atoms with Gasteiger partial charge in [0, 0.05) is 17.5 Å². The number of rotatable bonds is 7. The number of nitrogens with zero attached hydrogens (tertiary/aromatic N) is 1. The molecule has 1 fully saturated rings. The highest BCUT2D eigenvalue weighted by atomic mass is 19.4. The van der Waals surface area contributed by atoms with Crippen molar-refractivity contribution in [2.24, 2.45) is 11.8 Å². The second-order valence-electron chi connectivity index (χ2n) is 8.07. The molecule has 7 nitrogen and oxygen atoms in total. The zero-order valence-electron chi connectivity index (χ0n) is 16.6. The Morgan fingerprint density at radius 1 is 1.10 bits per heavy atom. The summed E-state index contributed by atoms with van der Waals surface area (Å²) in [6.45, 7) is 4.35. The van der Waals surface area contributed by atoms with Crippen molar-refractivity contribution >= 4 is 23.2 Å². The number of esters is 1. The molecule has 2 rings (SSSR count). The summed E-state index contributed by atoms with van der Waals surface area (Å²) >= 11 is 0. The smallest absolute Gasteiger partial charge is 0.458 e. The van der Waals surface area contributed by atoms with Gasteiger partial charge >= 0.3 is 18.1 Å². The van der Waals surface area contributed by atoms with Crippen molar-refractivity contribution in [3.63, 3.8) is 0 Å². The molecule has 1 aliphatic carbocycles. The van der Waals surface area contributed by atoms with Crippen molar-refractivity contribution in [2.45, 2.75) is 51.3 Å². The van der Waals surface area contributed by atoms with Crippen LogP contribution in [0, 0.1) is 22.0 Å². The average Bonchev–Trinajstić information content (AvgIpc) is 3.43. The predicted molar refractivity (Wildman–Crippen MR) is 94.4 cm³/mol. The number of ketones is 2. The van der Waals surface area contributed by atoms with E-state index >= 15 is 0 Å². The molecule has 0 aliphatic heterocycles. The topological polar surface area (TPSA) is 104 Å². The van der Waals surface area contributed by atoms with Gasteiger partial charge in [0.05, 0.1) is 10.5 Å². The van der Waals surface area contributed by atoms with Crippen LogP contribution in [-0.2, 0) is 20.2 Å². The third-order valence-electron chi connectivity index (χ3n) is 4.35. The van der Waals surface area contributed by atoms with Crippen molar-refractivity contribution in [3.05, 3.63) is 39.4 Å². The predicted octanol–water partition coefficient (Wildman–Crippen LogP) is 4.37. The molecular weight excluding hydrogens is 433 g/mol. The fraction of sp³-hybridized carbons (Fsp3) is 0.526. The molecule has 12 heteroatoms. The summed E-state index contributed by atoms with van der Waals surface area (Å²) in [5.74, 6) is -11.7. The minimum atomic E-state index is -6.03. The number of carbonyl (C=O) groups is 3. The Labute approximate surface area is 172 Å². The van der Waals surface area contributed by atoms with Crippen molar-refractivity contribution in [3.8, 4) is 0 Å². The van der Waals surface area contributed by atoms with E-state index in [2.05, 4.69) is 0 Å². The van der Waals surface area contributed by atoms with Gasteiger partial charge in [-0.05, 0) is 39.7 Å². The molecular formula is C19H18F5NO6. The quantitative estimate of drug-likeness (QED) is 0.152. The first-order chi connectivity index (χ1) is 14.0. The number of benzene rings is 1. The fourth-order valence-electron chi connectivity index (χ4n) is 2.72. The number of alkyl halides is 5. The van der Waals surface area contributed by atoms with Crippen molar-refractivity contribution in [1.29, 1.82) is 0 Å². The fourth-order valence-corrected chi connectivity index (χ4v) is 2.72. The standard InChI is InChI=1S/C19H18F5NO6/c1-17(2,3)31-16(28)13(14(26)9-4-5-9)15(27)11-7-6-10(8-12(11)25(29)30)18(20,21)19(22,23)24/h6-9,13H,4-5H2,1-3H3. The summed E-state index contributed by atoms with van der Waals surface area (Å²) in [5, 5.41) is 11.3. The van der Waals surface area contributed by atoms with Crippen LogP contribution in [0.1, 0.15) is 49.5 Å². The summed E-state index contributed by atoms with van der Waals surface area (Å²) in [5.41, 5.74) is -5.21. The van der Waals surface area contributed by atoms with E-state index in [0.29, 0.717) is 18.9 Å². The molecule has 0 amide bonds. The Bertz CT molecular complexity index is 931. The van der Waals surface area contributed by atoms with E-state index < -0.39 is 68.8 Å². The van der Waals surface area contributed by atoms with Gasteiger partial charge in [-0.15, -0.1) is 0 Å². The van der Waals surface area contributed by atoms with Gasteiger partial charge in [0.15, 0.2) is 17.5 Å². The van der Waals surface area contributed by atoms with Gasteiger partial charge in [-0.2, -0.15) is 22.0 Å². The normalized spacial score (nSPS) is 15.9. The molecule has 0 saturated heterocycles. The molecule has 170 valence electrons. The Morgan fingerprint density at radius 3 is 2.06 bits per heavy atom. The van der Waals surface area contributed by atoms with Crippen LogP contribution < -0.4 is 0 Å². The lowest BCUT2D eigenvalue weighted by molar-refractivity contribution is -0.385. The third-order valence-corrected chi connectivity index (χ3v) is 4.35. The first kappa shape index (κ1) is 24.4. The van der Waals surface area contributed by atoms with Crippen LogP contribution in [0.25, 0.3) is 0 Å². The van der Waals surface area contributed by atoms with Crippen molar-refractivity contribution in [2.75, 3.05) is 0 Å². The van der Waals surface area contributed by atoms with Crippen LogP contribution >= 0.6 is 0 Å². The molecule has 0 spiro atoms. The van der Waals surface area contributed by atoms with E-state index in [1.54, 1.807) is 0 Å². The number of nitro groups is 1. The van der Waals surface area contributed by atoms with E-state index in [-0.39, 0.29) is 12.1 Å². The maximum atomic E-state index is 13.6. The molecule has 1 aromatic rings. The summed E-state index contributed by atoms with van der Waals surface area (Å²) in [6.07, 6.45) is -5.28. The van der Waals surface area contributed by atoms with Crippen LogP contribution in [0.4, 0.5) is 27.6 Å². The summed E-state index contributed by atoms with van der Waals surface area (Å²) in [6, 6.07) is 0.489. The highest BCUT2D eigenvalue weighted by Gasteiger charge is 2.59. The highest BCUT2D eigenvalue weighted by Crippen LogP contribution is 2.45. The highest BCUT2D eigenvalue weighted by molar-refractivity contribution is 6.24. The summed E-state index contributed by atoms with van der Waals surface area (Å²) < 4.78 is 70.1. The number of Topliss-reactive ketones (excluding diaryl/α,β-unsaturated/α-hetero) is 2. The zero-order valence-corrected chi connectivity index (χ0v) is 16.6. The second-order valence-corrected chi connectivity index (χ2v) is 8.07. The van der Waals surface area contributed by atoms with Gasteiger partial charge in [-0.3, -0.25) is 24.5 Å². The number of ether oxygens (including phenoxy) is 1. The van der Waals surface area contributed by atoms with Crippen LogP contribution in [-0.4, -0.2) is 34.2 Å². The van der Waals surface area contributed by atoms with Gasteiger partial charge in [-0.25, -0.2) is 0 Å². The van der Waals surface area contributed by atoms with Crippen molar-refractivity contribution in [1.82, 2.24) is 0 Å². The molecule has 1 aliphatic rings. The van der Waals surface area contributed by atoms with Crippen LogP contribution in [0.5, 0.6) is 0 Å². The monoisotopic (exact) mass is 451 g/mol. The molecule has 0 N–H and O–H groups in total. The molecule has 1 unspecified atom stereocenters. The van der Waals surface area contributed by atoms with Gasteiger partial charge in [0.1, 0.15) is 5.60 Å². The number of hydrogen-bond acceptors (Lipinski definition) is 6. The van der Waals surface area contributed by atoms with E-state index in [9.17, 15) is 46.5 Å². The van der Waals surface area contributed by atoms with Crippen LogP contribution in [0.15, 0.2) is 18.2 Å². The second kappa shape index (κ2) is 7.97. The Balaban J connectivity index is 2.55. The van der Waals surface area contributed by atoms with Gasteiger partial charge in [0.2, 0.25) is 0 Å². The zero-order chi connectivity index (χ0) is 23.9. The molecule has 1 saturated carbocycles. The molecule has 0 heterocycles. The minimum absolute atomic E-state index is 0.0888. The maximum absolute atomic E-state index is 13.6. The summed E-state index contributed by atoms with van der Waals surface area (Å²) in [7, 11) is 0. The SMILES string of the molecule is CC(C)(C)OC(=O)C(C(=O)c1ccc(C(F)(F)C(F)(F)F)cc1[N+](=O)[O-])C(=O)C1CC1. The van der Waals surface area contributed by atoms with Crippen LogP contribution in [0.3, 0.4) is 0 Å². The lowest BCUT2D eigenvalue weighted by Crippen LogP contribution is -2.38. The minimum Gasteiger partial charge on any atom is -0.459 e. The molecule has 0 aromatic heterocycles. The number of nitro benzene ring substituents is 1. The Hall–Kier alpha value is -2.92. The van der Waals surface area contributed by atoms with E-state index in [4.69, 9.17) is 4.74 Å². The molecule has 31 heavy (non-hydrogen) atoms. The maximum Gasteiger partial charge on any atom is 0.458 e. The largest absolute Gasteiger partial charge is 0.459 e. The average molecular weight is 451 g/mol. The number of hydrogen-bond donors (Lipinski definition) is 0. The van der Waals surface area contributed by atoms with Crippen LogP contribution in [0.2, 0.25) is 0 Å². The van der Waals surface area contributed by atoms with E-state index in [0.717, 1.165) is 0 Å². The molecule has 0 radical (unpaired) electrons. The number of halogens is 5. The van der Waals surface area contributed by atoms with E-state index in [1.807, 2.05) is 0 Å². The van der Waals surface area contributed by atoms with E-state index in [1.165, 1.54) is 20.8 Å². The van der Waals surface area contributed by atoms with Gasteiger partial charge in [-0.1, -0.05) is 6.07 Å². The first-order valence-corrected chi connectivity index (χ1v) is 9.01. The Morgan fingerprint density at radius 2 is 1.65 bits per heavy atom. The lowest BCUT2D eigenvalue weighted by atomic mass is 9.89. The Kier molecular flexibility index (Phi) is 6.26. The van der Waals surface area contributed by atoms with Gasteiger partial charge in [0.25, 0.3) is 5.69 Å². The molecule has 1 aromatic carbocycles.